The van der Waals surface area contributed by atoms with Gasteiger partial charge in [0.05, 0.1) is 13.2 Å². The molecule has 2 aromatic rings. The van der Waals surface area contributed by atoms with Gasteiger partial charge < -0.3 is 15.4 Å². The van der Waals surface area contributed by atoms with E-state index in [2.05, 4.69) is 51.8 Å². The molecule has 0 radical (unpaired) electrons. The smallest absolute Gasteiger partial charge is 0.191 e. The molecule has 0 spiro atoms. The van der Waals surface area contributed by atoms with Crippen LogP contribution in [0.1, 0.15) is 30.7 Å². The molecule has 0 unspecified atom stereocenters. The average molecular weight is 340 g/mol. The fraction of sp³-hybridized carbons (Fsp3) is 0.400. The molecule has 1 aromatic carbocycles. The minimum atomic E-state index is 0.647. The third kappa shape index (κ3) is 7.35. The first-order valence-corrected chi connectivity index (χ1v) is 8.89. The summed E-state index contributed by atoms with van der Waals surface area (Å²) in [7, 11) is 0. The van der Waals surface area contributed by atoms with E-state index in [1.165, 1.54) is 11.1 Å². The minimum Gasteiger partial charge on any atom is -0.377 e. The Morgan fingerprint density at radius 2 is 1.84 bits per heavy atom. The fourth-order valence-corrected chi connectivity index (χ4v) is 2.33. The van der Waals surface area contributed by atoms with Crippen molar-refractivity contribution in [1.82, 2.24) is 15.6 Å². The summed E-state index contributed by atoms with van der Waals surface area (Å²) in [5.41, 5.74) is 3.45. The molecular weight excluding hydrogens is 312 g/mol. The second-order valence-electron chi connectivity index (χ2n) is 5.65. The molecule has 5 nitrogen and oxygen atoms in total. The van der Waals surface area contributed by atoms with Gasteiger partial charge in [-0.1, -0.05) is 30.3 Å². The Balaban J connectivity index is 1.83. The number of nitrogens with zero attached hydrogens (tertiary/aromatic N) is 2. The summed E-state index contributed by atoms with van der Waals surface area (Å²) in [5.74, 6) is 0.830. The van der Waals surface area contributed by atoms with E-state index in [1.54, 1.807) is 0 Å². The number of hydrogen-bond donors (Lipinski definition) is 2. The third-order valence-electron chi connectivity index (χ3n) is 3.66. The number of aliphatic imine (C=N–C) groups is 1. The van der Waals surface area contributed by atoms with Gasteiger partial charge in [0.2, 0.25) is 0 Å². The van der Waals surface area contributed by atoms with Crippen molar-refractivity contribution >= 4 is 5.96 Å². The molecule has 0 aliphatic rings. The second kappa shape index (κ2) is 11.2. The highest BCUT2D eigenvalue weighted by molar-refractivity contribution is 5.79. The van der Waals surface area contributed by atoms with Crippen LogP contribution >= 0.6 is 0 Å². The molecule has 0 aliphatic heterocycles. The van der Waals surface area contributed by atoms with Crippen LogP contribution in [0.3, 0.4) is 0 Å². The minimum absolute atomic E-state index is 0.647. The summed E-state index contributed by atoms with van der Waals surface area (Å²) in [6.07, 6.45) is 2.70. The Bertz CT molecular complexity index is 626. The number of benzene rings is 1. The van der Waals surface area contributed by atoms with E-state index in [4.69, 9.17) is 4.74 Å². The zero-order valence-corrected chi connectivity index (χ0v) is 15.2. The predicted octanol–water partition coefficient (Wildman–Crippen LogP) is 2.92. The SMILES string of the molecule is CCNC(=NCc1ccc(COCC)cc1)NCCc1ccccn1. The normalized spacial score (nSPS) is 11.4. The van der Waals surface area contributed by atoms with Crippen molar-refractivity contribution in [3.8, 4) is 0 Å². The molecule has 0 amide bonds. The van der Waals surface area contributed by atoms with E-state index < -0.39 is 0 Å². The predicted molar refractivity (Wildman–Crippen MR) is 103 cm³/mol. The van der Waals surface area contributed by atoms with Gasteiger partial charge in [-0.2, -0.15) is 0 Å². The fourth-order valence-electron chi connectivity index (χ4n) is 2.33. The van der Waals surface area contributed by atoms with Crippen molar-refractivity contribution in [2.45, 2.75) is 33.4 Å². The maximum Gasteiger partial charge on any atom is 0.191 e. The molecule has 0 saturated heterocycles. The second-order valence-corrected chi connectivity index (χ2v) is 5.65. The Labute approximate surface area is 150 Å². The maximum atomic E-state index is 5.42. The van der Waals surface area contributed by atoms with E-state index in [9.17, 15) is 0 Å². The third-order valence-corrected chi connectivity index (χ3v) is 3.66. The van der Waals surface area contributed by atoms with Gasteiger partial charge in [0.15, 0.2) is 5.96 Å². The standard InChI is InChI=1S/C20H28N4O/c1-3-21-20(23-14-12-19-7-5-6-13-22-19)24-15-17-8-10-18(11-9-17)16-25-4-2/h5-11,13H,3-4,12,14-16H2,1-2H3,(H2,21,23,24). The van der Waals surface area contributed by atoms with Gasteiger partial charge in [-0.25, -0.2) is 4.99 Å². The lowest BCUT2D eigenvalue weighted by atomic mass is 10.1. The number of rotatable bonds is 9. The van der Waals surface area contributed by atoms with Crippen molar-refractivity contribution in [2.24, 2.45) is 4.99 Å². The molecular formula is C20H28N4O. The molecule has 0 saturated carbocycles. The molecule has 0 atom stereocenters. The van der Waals surface area contributed by atoms with E-state index in [0.717, 1.165) is 37.8 Å². The van der Waals surface area contributed by atoms with Crippen molar-refractivity contribution in [3.05, 3.63) is 65.5 Å². The Morgan fingerprint density at radius 3 is 2.52 bits per heavy atom. The van der Waals surface area contributed by atoms with Crippen LogP contribution < -0.4 is 10.6 Å². The average Bonchev–Trinajstić information content (AvgIpc) is 2.66. The molecule has 25 heavy (non-hydrogen) atoms. The summed E-state index contributed by atoms with van der Waals surface area (Å²) in [6, 6.07) is 14.4. The van der Waals surface area contributed by atoms with Crippen LogP contribution in [0.2, 0.25) is 0 Å². The number of nitrogens with one attached hydrogen (secondary N) is 2. The number of ether oxygens (including phenoxy) is 1. The molecule has 1 heterocycles. The topological polar surface area (TPSA) is 58.5 Å². The lowest BCUT2D eigenvalue weighted by Gasteiger charge is -2.11. The number of aromatic nitrogens is 1. The quantitative estimate of drug-likeness (QED) is 0.544. The van der Waals surface area contributed by atoms with Crippen LogP contribution in [0, 0.1) is 0 Å². The van der Waals surface area contributed by atoms with Gasteiger partial charge in [0.1, 0.15) is 0 Å². The van der Waals surface area contributed by atoms with Gasteiger partial charge >= 0.3 is 0 Å². The van der Waals surface area contributed by atoms with Crippen LogP contribution in [0.15, 0.2) is 53.7 Å². The van der Waals surface area contributed by atoms with Crippen molar-refractivity contribution < 1.29 is 4.74 Å². The first-order valence-electron chi connectivity index (χ1n) is 8.89. The van der Waals surface area contributed by atoms with E-state index in [-0.39, 0.29) is 0 Å². The highest BCUT2D eigenvalue weighted by Gasteiger charge is 1.99. The highest BCUT2D eigenvalue weighted by Crippen LogP contribution is 2.07. The summed E-state index contributed by atoms with van der Waals surface area (Å²) >= 11 is 0. The van der Waals surface area contributed by atoms with Crippen LogP contribution in [-0.4, -0.2) is 30.6 Å². The number of pyridine rings is 1. The molecule has 0 aliphatic carbocycles. The Kier molecular flexibility index (Phi) is 8.49. The maximum absolute atomic E-state index is 5.42. The lowest BCUT2D eigenvalue weighted by molar-refractivity contribution is 0.134. The molecule has 0 bridgehead atoms. The monoisotopic (exact) mass is 340 g/mol. The van der Waals surface area contributed by atoms with Crippen LogP contribution in [0.4, 0.5) is 0 Å². The number of guanidine groups is 1. The van der Waals surface area contributed by atoms with Gasteiger partial charge in [-0.15, -0.1) is 0 Å². The molecule has 2 N–H and O–H groups in total. The zero-order chi connectivity index (χ0) is 17.7. The van der Waals surface area contributed by atoms with Crippen molar-refractivity contribution in [1.29, 1.82) is 0 Å². The van der Waals surface area contributed by atoms with Crippen LogP contribution in [0.5, 0.6) is 0 Å². The Hall–Kier alpha value is -2.40. The summed E-state index contributed by atoms with van der Waals surface area (Å²) < 4.78 is 5.42. The van der Waals surface area contributed by atoms with Crippen LogP contribution in [0.25, 0.3) is 0 Å². The molecule has 1 aromatic heterocycles. The Morgan fingerprint density at radius 1 is 1.04 bits per heavy atom. The van der Waals surface area contributed by atoms with Crippen molar-refractivity contribution in [3.63, 3.8) is 0 Å². The van der Waals surface area contributed by atoms with E-state index >= 15 is 0 Å². The first-order chi connectivity index (χ1) is 12.3. The van der Waals surface area contributed by atoms with Crippen LogP contribution in [-0.2, 0) is 24.3 Å². The molecule has 134 valence electrons. The molecule has 0 fully saturated rings. The van der Waals surface area contributed by atoms with E-state index in [1.807, 2.05) is 31.3 Å². The van der Waals surface area contributed by atoms with Gasteiger partial charge in [-0.3, -0.25) is 4.98 Å². The summed E-state index contributed by atoms with van der Waals surface area (Å²) in [5, 5.41) is 6.63. The summed E-state index contributed by atoms with van der Waals surface area (Å²) in [6.45, 7) is 7.76. The summed E-state index contributed by atoms with van der Waals surface area (Å²) in [4.78, 5) is 8.98. The lowest BCUT2D eigenvalue weighted by Crippen LogP contribution is -2.38. The molecule has 2 rings (SSSR count). The zero-order valence-electron chi connectivity index (χ0n) is 15.2. The van der Waals surface area contributed by atoms with Gasteiger partial charge in [0, 0.05) is 38.0 Å². The molecule has 5 heteroatoms. The van der Waals surface area contributed by atoms with Gasteiger partial charge in [0.25, 0.3) is 0 Å². The van der Waals surface area contributed by atoms with Gasteiger partial charge in [-0.05, 0) is 37.1 Å². The number of hydrogen-bond acceptors (Lipinski definition) is 3. The first kappa shape index (κ1) is 18.9. The van der Waals surface area contributed by atoms with Crippen molar-refractivity contribution in [2.75, 3.05) is 19.7 Å². The highest BCUT2D eigenvalue weighted by atomic mass is 16.5. The largest absolute Gasteiger partial charge is 0.377 e. The van der Waals surface area contributed by atoms with E-state index in [0.29, 0.717) is 13.2 Å².